The third-order valence-corrected chi connectivity index (χ3v) is 9.45. The Kier molecular flexibility index (Phi) is 6.11. The van der Waals surface area contributed by atoms with Gasteiger partial charge in [-0.3, -0.25) is 0 Å². The van der Waals surface area contributed by atoms with Gasteiger partial charge in [0.2, 0.25) is 0 Å². The SMILES string of the molecule is Cc1cccc2c3cccc(C)c3n(-c3cc(C#N)c(-c4cccc(C#N)c4)cc3-n3c4c(C)cccc4c4cccc(C)c43)c12. The fourth-order valence-corrected chi connectivity index (χ4v) is 7.42. The Balaban J connectivity index is 1.64. The average molecular weight is 591 g/mol. The molecule has 4 heteroatoms. The van der Waals surface area contributed by atoms with Crippen molar-refractivity contribution in [1.29, 1.82) is 10.5 Å². The monoisotopic (exact) mass is 590 g/mol. The quantitative estimate of drug-likeness (QED) is 0.206. The Labute approximate surface area is 267 Å². The van der Waals surface area contributed by atoms with Gasteiger partial charge in [-0.25, -0.2) is 0 Å². The Morgan fingerprint density at radius 1 is 0.457 bits per heavy atom. The predicted octanol–water partition coefficient (Wildman–Crippen LogP) is 10.5. The highest BCUT2D eigenvalue weighted by Gasteiger charge is 2.24. The van der Waals surface area contributed by atoms with Crippen molar-refractivity contribution in [1.82, 2.24) is 9.13 Å². The molecule has 0 spiro atoms. The summed E-state index contributed by atoms with van der Waals surface area (Å²) in [7, 11) is 0. The van der Waals surface area contributed by atoms with Crippen molar-refractivity contribution in [3.05, 3.63) is 143 Å². The van der Waals surface area contributed by atoms with Crippen LogP contribution in [-0.4, -0.2) is 9.13 Å². The molecule has 4 nitrogen and oxygen atoms in total. The molecule has 0 aliphatic heterocycles. The Bertz CT molecular complexity index is 2530. The second-order valence-corrected chi connectivity index (χ2v) is 12.2. The summed E-state index contributed by atoms with van der Waals surface area (Å²) in [4.78, 5) is 0. The van der Waals surface area contributed by atoms with Gasteiger partial charge in [0, 0.05) is 27.1 Å². The highest BCUT2D eigenvalue weighted by atomic mass is 15.1. The molecule has 2 heterocycles. The van der Waals surface area contributed by atoms with E-state index in [0.29, 0.717) is 11.1 Å². The van der Waals surface area contributed by atoms with Gasteiger partial charge in [0.15, 0.2) is 0 Å². The lowest BCUT2D eigenvalue weighted by molar-refractivity contribution is 1.08. The van der Waals surface area contributed by atoms with Gasteiger partial charge in [-0.05, 0) is 79.8 Å². The lowest BCUT2D eigenvalue weighted by Crippen LogP contribution is -2.07. The van der Waals surface area contributed by atoms with Crippen molar-refractivity contribution in [2.24, 2.45) is 0 Å². The topological polar surface area (TPSA) is 57.4 Å². The second kappa shape index (κ2) is 10.2. The first-order chi connectivity index (χ1) is 22.4. The number of hydrogen-bond acceptors (Lipinski definition) is 2. The smallest absolute Gasteiger partial charge is 0.0998 e. The van der Waals surface area contributed by atoms with Crippen LogP contribution in [-0.2, 0) is 0 Å². The maximum absolute atomic E-state index is 10.7. The van der Waals surface area contributed by atoms with Crippen LogP contribution in [0.3, 0.4) is 0 Å². The molecule has 0 N–H and O–H groups in total. The summed E-state index contributed by atoms with van der Waals surface area (Å²) in [6, 6.07) is 42.5. The van der Waals surface area contributed by atoms with E-state index in [0.717, 1.165) is 55.7 Å². The molecule has 0 amide bonds. The molecule has 218 valence electrons. The summed E-state index contributed by atoms with van der Waals surface area (Å²) in [5, 5.41) is 25.2. The number of para-hydroxylation sites is 4. The zero-order valence-electron chi connectivity index (χ0n) is 26.2. The standard InChI is InChI=1S/C42H30N4/c1-25-10-5-16-32-33-17-6-11-26(2)40(33)45(39(25)32)37-21-31(24-44)36(30-15-9-14-29(20-30)23-43)22-38(37)46-41-27(3)12-7-18-34(41)35-19-8-13-28(4)42(35)46/h5-22H,1-4H3. The van der Waals surface area contributed by atoms with Crippen LogP contribution in [0.25, 0.3) is 66.1 Å². The number of aromatic nitrogens is 2. The number of benzene rings is 6. The highest BCUT2D eigenvalue weighted by molar-refractivity contribution is 6.13. The summed E-state index contributed by atoms with van der Waals surface area (Å²) in [6.45, 7) is 8.66. The van der Waals surface area contributed by atoms with Gasteiger partial charge in [0.05, 0.1) is 56.7 Å². The minimum atomic E-state index is 0.556. The molecule has 8 aromatic rings. The van der Waals surface area contributed by atoms with Crippen LogP contribution < -0.4 is 0 Å². The molecular formula is C42H30N4. The minimum absolute atomic E-state index is 0.556. The molecule has 0 saturated heterocycles. The first kappa shape index (κ1) is 27.4. The van der Waals surface area contributed by atoms with Crippen LogP contribution in [0.5, 0.6) is 0 Å². The van der Waals surface area contributed by atoms with Gasteiger partial charge in [-0.2, -0.15) is 10.5 Å². The van der Waals surface area contributed by atoms with Crippen LogP contribution in [0.2, 0.25) is 0 Å². The molecule has 0 fully saturated rings. The molecule has 46 heavy (non-hydrogen) atoms. The van der Waals surface area contributed by atoms with E-state index in [-0.39, 0.29) is 0 Å². The molecule has 0 unspecified atom stereocenters. The van der Waals surface area contributed by atoms with E-state index in [9.17, 15) is 10.5 Å². The van der Waals surface area contributed by atoms with E-state index in [2.05, 4.69) is 134 Å². The van der Waals surface area contributed by atoms with Gasteiger partial charge in [0.25, 0.3) is 0 Å². The number of nitriles is 2. The molecule has 0 atom stereocenters. The van der Waals surface area contributed by atoms with Crippen LogP contribution in [0.4, 0.5) is 0 Å². The van der Waals surface area contributed by atoms with Gasteiger partial charge in [0.1, 0.15) is 0 Å². The lowest BCUT2D eigenvalue weighted by atomic mass is 9.96. The van der Waals surface area contributed by atoms with Crippen molar-refractivity contribution < 1.29 is 0 Å². The summed E-state index contributed by atoms with van der Waals surface area (Å²) in [5.41, 5.74) is 13.9. The van der Waals surface area contributed by atoms with Crippen LogP contribution >= 0.6 is 0 Å². The van der Waals surface area contributed by atoms with Gasteiger partial charge in [-0.1, -0.05) is 84.9 Å². The summed E-state index contributed by atoms with van der Waals surface area (Å²) in [6.07, 6.45) is 0. The van der Waals surface area contributed by atoms with Crippen LogP contribution in [0, 0.1) is 50.4 Å². The molecule has 8 rings (SSSR count). The van der Waals surface area contributed by atoms with Gasteiger partial charge < -0.3 is 9.13 Å². The predicted molar refractivity (Wildman–Crippen MR) is 189 cm³/mol. The van der Waals surface area contributed by atoms with Gasteiger partial charge >= 0.3 is 0 Å². The molecule has 0 saturated carbocycles. The average Bonchev–Trinajstić information content (AvgIpc) is 3.61. The molecule has 2 aromatic heterocycles. The maximum atomic E-state index is 10.7. The molecule has 0 radical (unpaired) electrons. The zero-order valence-corrected chi connectivity index (χ0v) is 26.2. The largest absolute Gasteiger partial charge is 0.307 e. The molecular weight excluding hydrogens is 560 g/mol. The van der Waals surface area contributed by atoms with Crippen molar-refractivity contribution in [2.45, 2.75) is 27.7 Å². The van der Waals surface area contributed by atoms with Crippen molar-refractivity contribution >= 4 is 43.6 Å². The molecule has 0 aliphatic rings. The third kappa shape index (κ3) is 3.84. The molecule has 0 aliphatic carbocycles. The Morgan fingerprint density at radius 3 is 1.28 bits per heavy atom. The molecule has 6 aromatic carbocycles. The minimum Gasteiger partial charge on any atom is -0.307 e. The van der Waals surface area contributed by atoms with Crippen molar-refractivity contribution in [3.63, 3.8) is 0 Å². The lowest BCUT2D eigenvalue weighted by Gasteiger charge is -2.21. The fraction of sp³-hybridized carbons (Fsp3) is 0.0952. The number of rotatable bonds is 3. The van der Waals surface area contributed by atoms with Crippen LogP contribution in [0.1, 0.15) is 33.4 Å². The van der Waals surface area contributed by atoms with E-state index in [1.54, 1.807) is 6.07 Å². The second-order valence-electron chi connectivity index (χ2n) is 12.2. The number of nitrogens with zero attached hydrogens (tertiary/aromatic N) is 4. The van der Waals surface area contributed by atoms with E-state index >= 15 is 0 Å². The highest BCUT2D eigenvalue weighted by Crippen LogP contribution is 2.43. The zero-order chi connectivity index (χ0) is 31.7. The van der Waals surface area contributed by atoms with E-state index in [1.165, 1.54) is 32.7 Å². The van der Waals surface area contributed by atoms with Crippen molar-refractivity contribution in [2.75, 3.05) is 0 Å². The maximum Gasteiger partial charge on any atom is 0.0998 e. The first-order valence-electron chi connectivity index (χ1n) is 15.5. The van der Waals surface area contributed by atoms with Crippen LogP contribution in [0.15, 0.2) is 109 Å². The molecule has 0 bridgehead atoms. The van der Waals surface area contributed by atoms with E-state index in [1.807, 2.05) is 18.2 Å². The third-order valence-electron chi connectivity index (χ3n) is 9.45. The Hall–Kier alpha value is -6.10. The summed E-state index contributed by atoms with van der Waals surface area (Å²) >= 11 is 0. The normalized spacial score (nSPS) is 11.4. The summed E-state index contributed by atoms with van der Waals surface area (Å²) < 4.78 is 4.77. The first-order valence-corrected chi connectivity index (χ1v) is 15.5. The van der Waals surface area contributed by atoms with E-state index in [4.69, 9.17) is 0 Å². The van der Waals surface area contributed by atoms with Crippen molar-refractivity contribution in [3.8, 4) is 34.6 Å². The number of hydrogen-bond donors (Lipinski definition) is 0. The number of fused-ring (bicyclic) bond motifs is 6. The fourth-order valence-electron chi connectivity index (χ4n) is 7.42. The van der Waals surface area contributed by atoms with E-state index < -0.39 is 0 Å². The summed E-state index contributed by atoms with van der Waals surface area (Å²) in [5.74, 6) is 0. The number of aryl methyl sites for hydroxylation is 4. The van der Waals surface area contributed by atoms with Gasteiger partial charge in [-0.15, -0.1) is 0 Å². The Morgan fingerprint density at radius 2 is 0.870 bits per heavy atom.